The van der Waals surface area contributed by atoms with Crippen LogP contribution in [0.2, 0.25) is 0 Å². The Kier molecular flexibility index (Phi) is 6.97. The van der Waals surface area contributed by atoms with Gasteiger partial charge in [0.05, 0.1) is 22.5 Å². The van der Waals surface area contributed by atoms with Crippen molar-refractivity contribution < 1.29 is 14.3 Å². The van der Waals surface area contributed by atoms with Gasteiger partial charge < -0.3 is 19.3 Å². The Morgan fingerprint density at radius 2 is 1.90 bits per heavy atom. The molecule has 1 N–H and O–H groups in total. The zero-order chi connectivity index (χ0) is 26.8. The first-order chi connectivity index (χ1) is 19.1. The number of aromatic nitrogens is 5. The second kappa shape index (κ2) is 10.9. The number of benzene rings is 1. The average molecular weight is 529 g/mol. The Balaban J connectivity index is 1.35. The molecule has 0 atom stereocenters. The first-order valence-corrected chi connectivity index (χ1v) is 13.4. The Hall–Kier alpha value is -4.25. The summed E-state index contributed by atoms with van der Waals surface area (Å²) in [6.07, 6.45) is 7.28. The highest BCUT2D eigenvalue weighted by Gasteiger charge is 2.25. The molecule has 0 radical (unpaired) electrons. The Bertz CT molecular complexity index is 1510. The number of fused-ring (bicyclic) bond motifs is 2. The molecule has 0 saturated carbocycles. The minimum Gasteiger partial charge on any atom is -0.462 e. The smallest absolute Gasteiger partial charge is 0.319 e. The van der Waals surface area contributed by atoms with E-state index >= 15 is 0 Å². The summed E-state index contributed by atoms with van der Waals surface area (Å²) in [5.41, 5.74) is 2.41. The summed E-state index contributed by atoms with van der Waals surface area (Å²) in [7, 11) is 0. The number of hydrogen-bond acceptors (Lipinski definition) is 9. The van der Waals surface area contributed by atoms with Crippen LogP contribution in [0.4, 0.5) is 5.82 Å². The van der Waals surface area contributed by atoms with Crippen molar-refractivity contribution in [2.45, 2.75) is 19.8 Å². The molecule has 2 fully saturated rings. The lowest BCUT2D eigenvalue weighted by Gasteiger charge is -2.35. The van der Waals surface area contributed by atoms with E-state index in [1.54, 1.807) is 17.3 Å². The highest BCUT2D eigenvalue weighted by Crippen LogP contribution is 2.36. The molecule has 202 valence electrons. The molecule has 1 aromatic carbocycles. The van der Waals surface area contributed by atoms with E-state index < -0.39 is 0 Å². The highest BCUT2D eigenvalue weighted by molar-refractivity contribution is 5.94. The maximum atomic E-state index is 12.1. The lowest BCUT2D eigenvalue weighted by molar-refractivity contribution is -0.126. The lowest BCUT2D eigenvalue weighted by Crippen LogP contribution is -2.48. The third kappa shape index (κ3) is 5.09. The summed E-state index contributed by atoms with van der Waals surface area (Å²) in [5.74, 6) is 1.73. The quantitative estimate of drug-likeness (QED) is 0.344. The molecular weight excluding hydrogens is 496 g/mol. The minimum absolute atomic E-state index is 0.0585. The van der Waals surface area contributed by atoms with Crippen molar-refractivity contribution >= 4 is 33.5 Å². The Morgan fingerprint density at radius 1 is 1.08 bits per heavy atom. The van der Waals surface area contributed by atoms with Gasteiger partial charge in [0.1, 0.15) is 23.7 Å². The number of H-pyrrole nitrogens is 1. The second-order valence-corrected chi connectivity index (χ2v) is 9.90. The zero-order valence-electron chi connectivity index (χ0n) is 22.1. The summed E-state index contributed by atoms with van der Waals surface area (Å²) >= 11 is 0. The molecule has 2 aliphatic heterocycles. The molecule has 11 heteroatoms. The molecule has 39 heavy (non-hydrogen) atoms. The number of carbonyl (C=O) groups excluding carboxylic acids is 1. The first kappa shape index (κ1) is 25.1. The van der Waals surface area contributed by atoms with E-state index in [4.69, 9.17) is 19.4 Å². The topological polar surface area (TPSA) is 113 Å². The van der Waals surface area contributed by atoms with Crippen molar-refractivity contribution in [3.05, 3.63) is 48.8 Å². The Labute approximate surface area is 226 Å². The van der Waals surface area contributed by atoms with Crippen LogP contribution >= 0.6 is 0 Å². The number of carbonyl (C=O) groups is 1. The van der Waals surface area contributed by atoms with E-state index in [1.807, 2.05) is 25.1 Å². The van der Waals surface area contributed by atoms with Gasteiger partial charge >= 0.3 is 6.01 Å². The maximum Gasteiger partial charge on any atom is 0.319 e. The number of pyridine rings is 1. The van der Waals surface area contributed by atoms with Gasteiger partial charge in [-0.05, 0) is 56.6 Å². The number of hydrogen-bond donors (Lipinski definition) is 1. The summed E-state index contributed by atoms with van der Waals surface area (Å²) in [5, 5.41) is 8.85. The molecule has 5 heterocycles. The predicted molar refractivity (Wildman–Crippen MR) is 148 cm³/mol. The van der Waals surface area contributed by atoms with Crippen LogP contribution in [0.25, 0.3) is 21.8 Å². The van der Waals surface area contributed by atoms with E-state index in [-0.39, 0.29) is 11.9 Å². The van der Waals surface area contributed by atoms with E-state index in [9.17, 15) is 4.79 Å². The van der Waals surface area contributed by atoms with Crippen molar-refractivity contribution in [2.24, 2.45) is 0 Å². The molecule has 1 amide bonds. The summed E-state index contributed by atoms with van der Waals surface area (Å²) in [6, 6.07) is 6.15. The van der Waals surface area contributed by atoms with E-state index in [1.165, 1.54) is 18.9 Å². The molecule has 0 unspecified atom stereocenters. The minimum atomic E-state index is -0.0585. The van der Waals surface area contributed by atoms with Crippen molar-refractivity contribution in [3.8, 4) is 17.6 Å². The molecule has 2 aliphatic rings. The molecule has 3 aromatic heterocycles. The van der Waals surface area contributed by atoms with E-state index in [0.717, 1.165) is 47.3 Å². The SMILES string of the molecule is C=CC(=O)N1CCN(c2nc(OCCN3CCCC3)nc3c(Oc4c(C)ccc5[nH]ncc45)nccc23)CC1. The fourth-order valence-electron chi connectivity index (χ4n) is 5.25. The van der Waals surface area contributed by atoms with Crippen LogP contribution in [0.3, 0.4) is 0 Å². The van der Waals surface area contributed by atoms with E-state index in [2.05, 4.69) is 31.6 Å². The van der Waals surface area contributed by atoms with Crippen molar-refractivity contribution in [1.82, 2.24) is 34.9 Å². The van der Waals surface area contributed by atoms with Crippen LogP contribution < -0.4 is 14.4 Å². The number of nitrogens with one attached hydrogen (secondary N) is 1. The largest absolute Gasteiger partial charge is 0.462 e. The first-order valence-electron chi connectivity index (χ1n) is 13.4. The van der Waals surface area contributed by atoms with Gasteiger partial charge in [-0.1, -0.05) is 12.6 Å². The number of aryl methyl sites for hydroxylation is 1. The van der Waals surface area contributed by atoms with Gasteiger partial charge in [0.25, 0.3) is 0 Å². The van der Waals surface area contributed by atoms with Crippen molar-refractivity contribution in [3.63, 3.8) is 0 Å². The van der Waals surface area contributed by atoms with Crippen LogP contribution in [0.15, 0.2) is 43.2 Å². The number of likely N-dealkylation sites (tertiary alicyclic amines) is 1. The third-order valence-corrected chi connectivity index (χ3v) is 7.41. The predicted octanol–water partition coefficient (Wildman–Crippen LogP) is 3.31. The van der Waals surface area contributed by atoms with Crippen molar-refractivity contribution in [2.75, 3.05) is 57.3 Å². The summed E-state index contributed by atoms with van der Waals surface area (Å²) < 4.78 is 12.5. The van der Waals surface area contributed by atoms with Gasteiger partial charge in [0, 0.05) is 38.9 Å². The number of anilines is 1. The maximum absolute atomic E-state index is 12.1. The third-order valence-electron chi connectivity index (χ3n) is 7.41. The van der Waals surface area contributed by atoms with Crippen LogP contribution in [-0.2, 0) is 4.79 Å². The number of nitrogens with zero attached hydrogens (tertiary/aromatic N) is 7. The van der Waals surface area contributed by atoms with Gasteiger partial charge in [-0.2, -0.15) is 15.1 Å². The number of rotatable bonds is 8. The summed E-state index contributed by atoms with van der Waals surface area (Å²) in [4.78, 5) is 32.7. The molecule has 6 rings (SSSR count). The van der Waals surface area contributed by atoms with Crippen molar-refractivity contribution in [1.29, 1.82) is 0 Å². The number of aromatic amines is 1. The normalized spacial score (nSPS) is 16.2. The monoisotopic (exact) mass is 528 g/mol. The molecular formula is C28H32N8O3. The van der Waals surface area contributed by atoms with Crippen LogP contribution in [0, 0.1) is 6.92 Å². The number of ether oxygens (including phenoxy) is 2. The van der Waals surface area contributed by atoms with Gasteiger partial charge in [0.2, 0.25) is 11.8 Å². The van der Waals surface area contributed by atoms with Gasteiger partial charge in [0.15, 0.2) is 0 Å². The number of piperazine rings is 1. The zero-order valence-corrected chi connectivity index (χ0v) is 22.1. The number of amides is 1. The molecule has 11 nitrogen and oxygen atoms in total. The molecule has 2 saturated heterocycles. The van der Waals surface area contributed by atoms with Crippen LogP contribution in [-0.4, -0.2) is 93.3 Å². The fraction of sp³-hybridized carbons (Fsp3) is 0.393. The van der Waals surface area contributed by atoms with Gasteiger partial charge in [-0.15, -0.1) is 0 Å². The Morgan fingerprint density at radius 3 is 2.69 bits per heavy atom. The van der Waals surface area contributed by atoms with Gasteiger partial charge in [-0.3, -0.25) is 14.8 Å². The van der Waals surface area contributed by atoms with Crippen LogP contribution in [0.5, 0.6) is 17.6 Å². The molecule has 0 spiro atoms. The van der Waals surface area contributed by atoms with Gasteiger partial charge in [-0.25, -0.2) is 4.98 Å². The molecule has 0 aliphatic carbocycles. The average Bonchev–Trinajstić information content (AvgIpc) is 3.67. The fourth-order valence-corrected chi connectivity index (χ4v) is 5.25. The van der Waals surface area contributed by atoms with E-state index in [0.29, 0.717) is 49.9 Å². The standard InChI is InChI=1S/C28H32N8O3/c1-3-23(37)35-12-14-36(15-13-35)26-20-8-9-29-27(39-25-19(2)6-7-22-21(25)18-30-33-22)24(20)31-28(32-26)38-17-16-34-10-4-5-11-34/h3,6-9,18H,1,4-5,10-17H2,2H3,(H,30,33). The molecule has 0 bridgehead atoms. The summed E-state index contributed by atoms with van der Waals surface area (Å²) in [6.45, 7) is 11.6. The molecule has 4 aromatic rings. The van der Waals surface area contributed by atoms with Crippen LogP contribution in [0.1, 0.15) is 18.4 Å². The highest BCUT2D eigenvalue weighted by atomic mass is 16.5. The second-order valence-electron chi connectivity index (χ2n) is 9.90. The lowest BCUT2D eigenvalue weighted by atomic mass is 10.1.